The van der Waals surface area contributed by atoms with Gasteiger partial charge < -0.3 is 0 Å². The molecule has 0 radical (unpaired) electrons. The average Bonchev–Trinajstić information content (AvgIpc) is 2.34. The minimum atomic E-state index is 0.702. The van der Waals surface area contributed by atoms with Gasteiger partial charge in [-0.25, -0.2) is 0 Å². The van der Waals surface area contributed by atoms with E-state index in [0.717, 1.165) is 5.92 Å². The molecule has 0 heteroatoms. The fourth-order valence-corrected chi connectivity index (χ4v) is 1.23. The van der Waals surface area contributed by atoms with Crippen LogP contribution in [0.3, 0.4) is 0 Å². The lowest BCUT2D eigenvalue weighted by Crippen LogP contribution is -1.88. The van der Waals surface area contributed by atoms with Crippen molar-refractivity contribution in [1.29, 1.82) is 0 Å². The highest BCUT2D eigenvalue weighted by Gasteiger charge is 2.08. The van der Waals surface area contributed by atoms with E-state index in [1.165, 1.54) is 12.0 Å². The number of hydrogen-bond donors (Lipinski definition) is 0. The minimum Gasteiger partial charge on any atom is -0.0773 e. The molecule has 0 fully saturated rings. The Morgan fingerprint density at radius 1 is 1.50 bits per heavy atom. The number of allylic oxidation sites excluding steroid dienone is 4. The Labute approximate surface area is 63.6 Å². The zero-order valence-corrected chi connectivity index (χ0v) is 7.09. The molecular weight excluding hydrogens is 120 g/mol. The highest BCUT2D eigenvalue weighted by atomic mass is 14.1. The molecule has 0 N–H and O–H groups in total. The molecule has 0 bridgehead atoms. The van der Waals surface area contributed by atoms with Crippen molar-refractivity contribution in [3.05, 3.63) is 23.8 Å². The van der Waals surface area contributed by atoms with Gasteiger partial charge in [-0.2, -0.15) is 0 Å². The maximum Gasteiger partial charge on any atom is -0.00470 e. The quantitative estimate of drug-likeness (QED) is 0.547. The third kappa shape index (κ3) is 1.50. The van der Waals surface area contributed by atoms with E-state index in [1.807, 2.05) is 0 Å². The van der Waals surface area contributed by atoms with Gasteiger partial charge >= 0.3 is 0 Å². The summed E-state index contributed by atoms with van der Waals surface area (Å²) in [6, 6.07) is 0. The van der Waals surface area contributed by atoms with Crippen LogP contribution in [-0.4, -0.2) is 0 Å². The van der Waals surface area contributed by atoms with Gasteiger partial charge in [0.1, 0.15) is 0 Å². The Morgan fingerprint density at radius 2 is 2.20 bits per heavy atom. The molecule has 0 heterocycles. The molecule has 0 aromatic heterocycles. The van der Waals surface area contributed by atoms with Gasteiger partial charge in [-0.15, -0.1) is 0 Å². The monoisotopic (exact) mass is 136 g/mol. The van der Waals surface area contributed by atoms with E-state index in [2.05, 4.69) is 39.0 Å². The van der Waals surface area contributed by atoms with Crippen LogP contribution in [0, 0.1) is 11.8 Å². The predicted molar refractivity (Wildman–Crippen MR) is 45.8 cm³/mol. The van der Waals surface area contributed by atoms with Crippen LogP contribution in [0.1, 0.15) is 27.2 Å². The van der Waals surface area contributed by atoms with Crippen LogP contribution in [0.2, 0.25) is 0 Å². The summed E-state index contributed by atoms with van der Waals surface area (Å²) in [6.45, 7) is 6.72. The van der Waals surface area contributed by atoms with E-state index < -0.39 is 0 Å². The van der Waals surface area contributed by atoms with E-state index in [9.17, 15) is 0 Å². The summed E-state index contributed by atoms with van der Waals surface area (Å²) in [7, 11) is 0. The molecule has 0 nitrogen and oxygen atoms in total. The first-order valence-corrected chi connectivity index (χ1v) is 4.14. The van der Waals surface area contributed by atoms with Crippen molar-refractivity contribution in [3.8, 4) is 0 Å². The summed E-state index contributed by atoms with van der Waals surface area (Å²) in [5.74, 6) is 1.42. The highest BCUT2D eigenvalue weighted by Crippen LogP contribution is 2.23. The largest absolute Gasteiger partial charge is 0.0773 e. The van der Waals surface area contributed by atoms with Crippen LogP contribution < -0.4 is 0 Å². The lowest BCUT2D eigenvalue weighted by Gasteiger charge is -2.02. The van der Waals surface area contributed by atoms with Crippen LogP contribution in [0.4, 0.5) is 0 Å². The van der Waals surface area contributed by atoms with E-state index >= 15 is 0 Å². The molecule has 0 aromatic rings. The summed E-state index contributed by atoms with van der Waals surface area (Å²) in [5, 5.41) is 0. The topological polar surface area (TPSA) is 0 Å². The van der Waals surface area contributed by atoms with E-state index in [1.54, 1.807) is 0 Å². The van der Waals surface area contributed by atoms with Crippen molar-refractivity contribution < 1.29 is 0 Å². The van der Waals surface area contributed by atoms with E-state index in [-0.39, 0.29) is 0 Å². The van der Waals surface area contributed by atoms with Crippen molar-refractivity contribution in [2.24, 2.45) is 11.8 Å². The average molecular weight is 136 g/mol. The van der Waals surface area contributed by atoms with Crippen LogP contribution in [0.15, 0.2) is 23.8 Å². The Bertz CT molecular complexity index is 161. The Balaban J connectivity index is 2.59. The molecule has 0 saturated carbocycles. The zero-order chi connectivity index (χ0) is 7.56. The molecule has 0 saturated heterocycles. The first kappa shape index (κ1) is 7.59. The van der Waals surface area contributed by atoms with Gasteiger partial charge in [-0.1, -0.05) is 39.0 Å². The summed E-state index contributed by atoms with van der Waals surface area (Å²) < 4.78 is 0. The van der Waals surface area contributed by atoms with E-state index in [4.69, 9.17) is 0 Å². The van der Waals surface area contributed by atoms with Crippen molar-refractivity contribution in [2.45, 2.75) is 27.2 Å². The molecule has 1 unspecified atom stereocenters. The zero-order valence-electron chi connectivity index (χ0n) is 7.09. The first-order valence-electron chi connectivity index (χ1n) is 4.14. The van der Waals surface area contributed by atoms with Crippen molar-refractivity contribution in [1.82, 2.24) is 0 Å². The second-order valence-electron chi connectivity index (χ2n) is 3.25. The van der Waals surface area contributed by atoms with Crippen molar-refractivity contribution in [3.63, 3.8) is 0 Å². The lowest BCUT2D eigenvalue weighted by atomic mass is 10.0. The van der Waals surface area contributed by atoms with Crippen LogP contribution >= 0.6 is 0 Å². The number of rotatable bonds is 2. The van der Waals surface area contributed by atoms with Gasteiger partial charge in [-0.05, 0) is 23.8 Å². The smallest absolute Gasteiger partial charge is 0.00470 e. The SMILES string of the molecule is CCC1C=CC(C(C)C)=C1. The second kappa shape index (κ2) is 3.05. The van der Waals surface area contributed by atoms with Crippen LogP contribution in [-0.2, 0) is 0 Å². The Hall–Kier alpha value is -0.520. The van der Waals surface area contributed by atoms with Gasteiger partial charge in [0.05, 0.1) is 0 Å². The third-order valence-corrected chi connectivity index (χ3v) is 2.08. The molecule has 1 atom stereocenters. The Morgan fingerprint density at radius 3 is 2.50 bits per heavy atom. The summed E-state index contributed by atoms with van der Waals surface area (Å²) in [6.07, 6.45) is 8.19. The molecule has 0 aromatic carbocycles. The molecular formula is C10H16. The molecule has 0 amide bonds. The van der Waals surface area contributed by atoms with Crippen LogP contribution in [0.5, 0.6) is 0 Å². The van der Waals surface area contributed by atoms with E-state index in [0.29, 0.717) is 5.92 Å². The predicted octanol–water partition coefficient (Wildman–Crippen LogP) is 3.16. The first-order chi connectivity index (χ1) is 4.74. The fraction of sp³-hybridized carbons (Fsp3) is 0.600. The van der Waals surface area contributed by atoms with Gasteiger partial charge in [-0.3, -0.25) is 0 Å². The van der Waals surface area contributed by atoms with Gasteiger partial charge in [0.25, 0.3) is 0 Å². The molecule has 56 valence electrons. The van der Waals surface area contributed by atoms with Crippen molar-refractivity contribution >= 4 is 0 Å². The highest BCUT2D eigenvalue weighted by molar-refractivity contribution is 5.30. The summed E-state index contributed by atoms with van der Waals surface area (Å²) in [5.41, 5.74) is 1.51. The minimum absolute atomic E-state index is 0.702. The lowest BCUT2D eigenvalue weighted by molar-refractivity contribution is 0.756. The molecule has 0 aliphatic heterocycles. The molecule has 1 rings (SSSR count). The molecule has 1 aliphatic carbocycles. The van der Waals surface area contributed by atoms with Gasteiger partial charge in [0.15, 0.2) is 0 Å². The maximum atomic E-state index is 2.38. The maximum absolute atomic E-state index is 2.38. The standard InChI is InChI=1S/C10H16/c1-4-9-5-6-10(7-9)8(2)3/h5-9H,4H2,1-3H3. The molecule has 0 spiro atoms. The third-order valence-electron chi connectivity index (χ3n) is 2.08. The van der Waals surface area contributed by atoms with Gasteiger partial charge in [0, 0.05) is 0 Å². The Kier molecular flexibility index (Phi) is 2.31. The second-order valence-corrected chi connectivity index (χ2v) is 3.25. The normalized spacial score (nSPS) is 24.0. The number of hydrogen-bond acceptors (Lipinski definition) is 0. The summed E-state index contributed by atoms with van der Waals surface area (Å²) in [4.78, 5) is 0. The van der Waals surface area contributed by atoms with Crippen molar-refractivity contribution in [2.75, 3.05) is 0 Å². The van der Waals surface area contributed by atoms with Crippen LogP contribution in [0.25, 0.3) is 0 Å². The fourth-order valence-electron chi connectivity index (χ4n) is 1.23. The molecule has 10 heavy (non-hydrogen) atoms. The summed E-state index contributed by atoms with van der Waals surface area (Å²) >= 11 is 0. The molecule has 1 aliphatic rings. The van der Waals surface area contributed by atoms with Gasteiger partial charge in [0.2, 0.25) is 0 Å².